The van der Waals surface area contributed by atoms with Crippen LogP contribution in [0.4, 0.5) is 0 Å². The van der Waals surface area contributed by atoms with Crippen molar-refractivity contribution in [3.05, 3.63) is 48.0 Å². The van der Waals surface area contributed by atoms with Gasteiger partial charge in [0.1, 0.15) is 0 Å². The minimum absolute atomic E-state index is 0.561. The summed E-state index contributed by atoms with van der Waals surface area (Å²) in [6.07, 6.45) is 5.60. The molecule has 2 fully saturated rings. The lowest BCUT2D eigenvalue weighted by molar-refractivity contribution is 0.420. The molecule has 3 atom stereocenters. The number of hydrogen-bond acceptors (Lipinski definition) is 1. The first-order chi connectivity index (χ1) is 10.4. The second-order valence-electron chi connectivity index (χ2n) is 6.84. The van der Waals surface area contributed by atoms with Crippen LogP contribution in [0.1, 0.15) is 44.2 Å². The van der Waals surface area contributed by atoms with Crippen LogP contribution in [-0.2, 0) is 0 Å². The summed E-state index contributed by atoms with van der Waals surface area (Å²) >= 11 is 0. The Morgan fingerprint density at radius 1 is 1.05 bits per heavy atom. The fourth-order valence-electron chi connectivity index (χ4n) is 4.65. The average Bonchev–Trinajstić information content (AvgIpc) is 2.99. The van der Waals surface area contributed by atoms with Gasteiger partial charge in [-0.2, -0.15) is 0 Å². The van der Waals surface area contributed by atoms with Crippen LogP contribution >= 0.6 is 0 Å². The van der Waals surface area contributed by atoms with E-state index in [4.69, 9.17) is 0 Å². The molecule has 21 heavy (non-hydrogen) atoms. The van der Waals surface area contributed by atoms with Gasteiger partial charge < -0.3 is 5.32 Å². The highest BCUT2D eigenvalue weighted by atomic mass is 14.9. The molecular formula is C20H25N. The predicted octanol–water partition coefficient (Wildman–Crippen LogP) is 4.93. The summed E-state index contributed by atoms with van der Waals surface area (Å²) < 4.78 is 0. The molecule has 2 aliphatic carbocycles. The van der Waals surface area contributed by atoms with Gasteiger partial charge in [-0.3, -0.25) is 0 Å². The third-order valence-corrected chi connectivity index (χ3v) is 5.63. The smallest absolute Gasteiger partial charge is 0.0360 e. The van der Waals surface area contributed by atoms with Gasteiger partial charge in [0.05, 0.1) is 0 Å². The minimum Gasteiger partial charge on any atom is -0.310 e. The van der Waals surface area contributed by atoms with E-state index >= 15 is 0 Å². The van der Waals surface area contributed by atoms with E-state index in [1.165, 1.54) is 42.0 Å². The lowest BCUT2D eigenvalue weighted by Crippen LogP contribution is -2.25. The van der Waals surface area contributed by atoms with E-state index in [1.54, 1.807) is 0 Å². The molecule has 0 bridgehead atoms. The highest BCUT2D eigenvalue weighted by Crippen LogP contribution is 2.62. The zero-order chi connectivity index (χ0) is 14.2. The van der Waals surface area contributed by atoms with Gasteiger partial charge in [0.15, 0.2) is 0 Å². The summed E-state index contributed by atoms with van der Waals surface area (Å²) in [5.41, 5.74) is 1.53. The molecule has 2 saturated carbocycles. The van der Waals surface area contributed by atoms with Crippen LogP contribution in [0.2, 0.25) is 0 Å². The van der Waals surface area contributed by atoms with Gasteiger partial charge in [-0.15, -0.1) is 0 Å². The molecule has 0 saturated heterocycles. The summed E-state index contributed by atoms with van der Waals surface area (Å²) in [6.45, 7) is 3.39. The van der Waals surface area contributed by atoms with Gasteiger partial charge in [0, 0.05) is 6.04 Å². The van der Waals surface area contributed by atoms with Crippen LogP contribution in [0.5, 0.6) is 0 Å². The quantitative estimate of drug-likeness (QED) is 0.818. The topological polar surface area (TPSA) is 12.0 Å². The van der Waals surface area contributed by atoms with E-state index < -0.39 is 0 Å². The number of benzene rings is 2. The summed E-state index contributed by atoms with van der Waals surface area (Å²) in [4.78, 5) is 0. The Labute approximate surface area is 127 Å². The molecule has 2 aliphatic rings. The predicted molar refractivity (Wildman–Crippen MR) is 89.3 cm³/mol. The Balaban J connectivity index is 1.71. The Morgan fingerprint density at radius 3 is 2.62 bits per heavy atom. The number of hydrogen-bond donors (Lipinski definition) is 1. The summed E-state index contributed by atoms with van der Waals surface area (Å²) in [5, 5.41) is 6.69. The van der Waals surface area contributed by atoms with E-state index in [0.29, 0.717) is 6.04 Å². The van der Waals surface area contributed by atoms with Crippen molar-refractivity contribution in [1.29, 1.82) is 0 Å². The molecule has 0 aliphatic heterocycles. The highest BCUT2D eigenvalue weighted by molar-refractivity contribution is 5.86. The van der Waals surface area contributed by atoms with Gasteiger partial charge >= 0.3 is 0 Å². The van der Waals surface area contributed by atoms with Crippen molar-refractivity contribution >= 4 is 10.8 Å². The number of fused-ring (bicyclic) bond motifs is 2. The van der Waals surface area contributed by atoms with Gasteiger partial charge in [0.2, 0.25) is 0 Å². The van der Waals surface area contributed by atoms with Crippen LogP contribution in [0.3, 0.4) is 0 Å². The fourth-order valence-corrected chi connectivity index (χ4v) is 4.65. The molecule has 3 unspecified atom stereocenters. The minimum atomic E-state index is 0.561. The van der Waals surface area contributed by atoms with Crippen molar-refractivity contribution in [2.24, 2.45) is 17.8 Å². The maximum Gasteiger partial charge on any atom is 0.0360 e. The Hall–Kier alpha value is -1.34. The molecule has 0 radical (unpaired) electrons. The summed E-state index contributed by atoms with van der Waals surface area (Å²) in [7, 11) is 0. The van der Waals surface area contributed by atoms with Crippen LogP contribution in [-0.4, -0.2) is 6.54 Å². The third kappa shape index (κ3) is 2.28. The summed E-state index contributed by atoms with van der Waals surface area (Å²) in [5.74, 6) is 2.88. The van der Waals surface area contributed by atoms with Crippen LogP contribution in [0.25, 0.3) is 10.8 Å². The standard InChI is InChI=1S/C20H25N/c1-2-13-21-20(19-16-10-6-11-17(16)19)18-12-5-8-14-7-3-4-9-15(14)18/h3-5,7-9,12,16-17,19-21H,2,6,10-11,13H2,1H3. The molecule has 1 heteroatoms. The van der Waals surface area contributed by atoms with Gasteiger partial charge in [-0.25, -0.2) is 0 Å². The number of nitrogens with one attached hydrogen (secondary N) is 1. The first kappa shape index (κ1) is 13.3. The van der Waals surface area contributed by atoms with E-state index in [9.17, 15) is 0 Å². The van der Waals surface area contributed by atoms with E-state index in [1.807, 2.05) is 0 Å². The van der Waals surface area contributed by atoms with Crippen LogP contribution < -0.4 is 5.32 Å². The van der Waals surface area contributed by atoms with Crippen LogP contribution in [0.15, 0.2) is 42.5 Å². The monoisotopic (exact) mass is 279 g/mol. The Bertz CT molecular complexity index is 617. The lowest BCUT2D eigenvalue weighted by atomic mass is 9.92. The van der Waals surface area contributed by atoms with Crippen molar-refractivity contribution in [1.82, 2.24) is 5.32 Å². The first-order valence-corrected chi connectivity index (χ1v) is 8.61. The third-order valence-electron chi connectivity index (χ3n) is 5.63. The van der Waals surface area contributed by atoms with Gasteiger partial charge in [-0.05, 0) is 59.9 Å². The SMILES string of the molecule is CCCNC(c1cccc2ccccc12)C1C2CCCC21. The molecule has 0 amide bonds. The van der Waals surface area contributed by atoms with E-state index in [0.717, 1.165) is 24.3 Å². The molecule has 1 nitrogen and oxygen atoms in total. The lowest BCUT2D eigenvalue weighted by Gasteiger charge is -2.22. The summed E-state index contributed by atoms with van der Waals surface area (Å²) in [6, 6.07) is 16.2. The van der Waals surface area contributed by atoms with E-state index in [-0.39, 0.29) is 0 Å². The second-order valence-corrected chi connectivity index (χ2v) is 6.84. The molecule has 0 aromatic heterocycles. The van der Waals surface area contributed by atoms with Crippen molar-refractivity contribution in [2.75, 3.05) is 6.54 Å². The fraction of sp³-hybridized carbons (Fsp3) is 0.500. The van der Waals surface area contributed by atoms with E-state index in [2.05, 4.69) is 54.7 Å². The highest BCUT2D eigenvalue weighted by Gasteiger charge is 2.56. The van der Waals surface area contributed by atoms with Crippen molar-refractivity contribution in [3.63, 3.8) is 0 Å². The van der Waals surface area contributed by atoms with Gasteiger partial charge in [-0.1, -0.05) is 55.8 Å². The van der Waals surface area contributed by atoms with Crippen molar-refractivity contribution < 1.29 is 0 Å². The van der Waals surface area contributed by atoms with Gasteiger partial charge in [0.25, 0.3) is 0 Å². The molecule has 0 heterocycles. The molecule has 0 spiro atoms. The second kappa shape index (κ2) is 5.46. The number of rotatable bonds is 5. The zero-order valence-corrected chi connectivity index (χ0v) is 12.9. The Morgan fingerprint density at radius 2 is 1.81 bits per heavy atom. The Kier molecular flexibility index (Phi) is 3.46. The maximum absolute atomic E-state index is 3.87. The normalized spacial score (nSPS) is 28.5. The van der Waals surface area contributed by atoms with Crippen LogP contribution in [0, 0.1) is 17.8 Å². The first-order valence-electron chi connectivity index (χ1n) is 8.61. The molecule has 2 aromatic carbocycles. The average molecular weight is 279 g/mol. The zero-order valence-electron chi connectivity index (χ0n) is 12.9. The molecule has 1 N–H and O–H groups in total. The molecule has 4 rings (SSSR count). The van der Waals surface area contributed by atoms with Crippen molar-refractivity contribution in [2.45, 2.75) is 38.6 Å². The molecule has 2 aromatic rings. The molecule has 110 valence electrons. The largest absolute Gasteiger partial charge is 0.310 e. The van der Waals surface area contributed by atoms with Crippen molar-refractivity contribution in [3.8, 4) is 0 Å². The maximum atomic E-state index is 3.87. The molecular weight excluding hydrogens is 254 g/mol.